The van der Waals surface area contributed by atoms with Gasteiger partial charge in [-0.3, -0.25) is 0 Å². The van der Waals surface area contributed by atoms with Gasteiger partial charge < -0.3 is 9.30 Å². The van der Waals surface area contributed by atoms with Gasteiger partial charge in [0, 0.05) is 28.7 Å². The van der Waals surface area contributed by atoms with Gasteiger partial charge in [-0.2, -0.15) is 5.26 Å². The second-order valence-corrected chi connectivity index (χ2v) is 7.90. The number of nitriles is 1. The molecule has 0 bridgehead atoms. The van der Waals surface area contributed by atoms with Crippen molar-refractivity contribution < 1.29 is 13.9 Å². The highest BCUT2D eigenvalue weighted by Crippen LogP contribution is 2.29. The highest BCUT2D eigenvalue weighted by Gasteiger charge is 2.12. The zero-order valence-electron chi connectivity index (χ0n) is 17.9. The van der Waals surface area contributed by atoms with Crippen molar-refractivity contribution in [2.75, 3.05) is 6.61 Å². The van der Waals surface area contributed by atoms with Gasteiger partial charge in [-0.15, -0.1) is 0 Å². The number of benzene rings is 3. The van der Waals surface area contributed by atoms with Gasteiger partial charge in [-0.25, -0.2) is 9.18 Å². The number of halogens is 2. The van der Waals surface area contributed by atoms with E-state index in [4.69, 9.17) is 16.3 Å². The lowest BCUT2D eigenvalue weighted by Crippen LogP contribution is -2.04. The van der Waals surface area contributed by atoms with Crippen LogP contribution < -0.4 is 0 Å². The van der Waals surface area contributed by atoms with Crippen molar-refractivity contribution in [3.63, 3.8) is 0 Å². The van der Waals surface area contributed by atoms with Crippen LogP contribution in [0.5, 0.6) is 0 Å². The minimum Gasteiger partial charge on any atom is -0.462 e. The third-order valence-corrected chi connectivity index (χ3v) is 5.50. The Morgan fingerprint density at radius 2 is 1.79 bits per heavy atom. The summed E-state index contributed by atoms with van der Waals surface area (Å²) in [6, 6.07) is 21.0. The summed E-state index contributed by atoms with van der Waals surface area (Å²) in [6.45, 7) is 2.58. The average Bonchev–Trinajstić information content (AvgIpc) is 3.15. The van der Waals surface area contributed by atoms with Crippen LogP contribution in [0.4, 0.5) is 4.39 Å². The zero-order chi connectivity index (χ0) is 23.4. The quantitative estimate of drug-likeness (QED) is 0.238. The summed E-state index contributed by atoms with van der Waals surface area (Å²) < 4.78 is 20.3. The Kier molecular flexibility index (Phi) is 6.58. The molecule has 0 spiro atoms. The molecular weight excluding hydrogens is 439 g/mol. The summed E-state index contributed by atoms with van der Waals surface area (Å²) in [5.41, 5.74) is 4.30. The van der Waals surface area contributed by atoms with E-state index in [-0.39, 0.29) is 5.82 Å². The molecule has 0 saturated carbocycles. The van der Waals surface area contributed by atoms with Crippen LogP contribution in [0.1, 0.15) is 34.0 Å². The van der Waals surface area contributed by atoms with Crippen LogP contribution in [-0.4, -0.2) is 17.1 Å². The molecule has 33 heavy (non-hydrogen) atoms. The van der Waals surface area contributed by atoms with Crippen LogP contribution >= 0.6 is 11.6 Å². The highest BCUT2D eigenvalue weighted by atomic mass is 35.5. The molecule has 1 aromatic heterocycles. The zero-order valence-corrected chi connectivity index (χ0v) is 18.6. The second-order valence-electron chi connectivity index (χ2n) is 7.47. The summed E-state index contributed by atoms with van der Waals surface area (Å²) in [4.78, 5) is 11.9. The van der Waals surface area contributed by atoms with Gasteiger partial charge in [0.2, 0.25) is 0 Å². The van der Waals surface area contributed by atoms with Crippen LogP contribution in [0.25, 0.3) is 22.6 Å². The molecule has 0 aliphatic heterocycles. The van der Waals surface area contributed by atoms with Gasteiger partial charge >= 0.3 is 5.97 Å². The van der Waals surface area contributed by atoms with E-state index < -0.39 is 5.97 Å². The Bertz CT molecular complexity index is 1380. The van der Waals surface area contributed by atoms with Gasteiger partial charge in [-0.1, -0.05) is 41.9 Å². The number of esters is 1. The molecule has 0 amide bonds. The van der Waals surface area contributed by atoms with Crippen molar-refractivity contribution in [3.05, 3.63) is 106 Å². The first-order valence-electron chi connectivity index (χ1n) is 10.4. The molecule has 0 atom stereocenters. The maximum atomic E-state index is 13.3. The topological polar surface area (TPSA) is 55.0 Å². The lowest BCUT2D eigenvalue weighted by molar-refractivity contribution is 0.0526. The van der Waals surface area contributed by atoms with E-state index in [0.29, 0.717) is 34.9 Å². The molecular formula is C27H20ClFN2O2. The smallest absolute Gasteiger partial charge is 0.338 e. The van der Waals surface area contributed by atoms with Gasteiger partial charge in [0.1, 0.15) is 5.82 Å². The first-order chi connectivity index (χ1) is 16.0. The van der Waals surface area contributed by atoms with Crippen molar-refractivity contribution in [1.82, 2.24) is 4.57 Å². The van der Waals surface area contributed by atoms with Crippen LogP contribution in [0.15, 0.2) is 72.9 Å². The van der Waals surface area contributed by atoms with Gasteiger partial charge in [0.15, 0.2) is 0 Å². The van der Waals surface area contributed by atoms with E-state index in [1.807, 2.05) is 35.0 Å². The summed E-state index contributed by atoms with van der Waals surface area (Å²) in [7, 11) is 0. The molecule has 1 heterocycles. The average molecular weight is 459 g/mol. The molecule has 164 valence electrons. The monoisotopic (exact) mass is 458 g/mol. The number of carbonyl (C=O) groups is 1. The molecule has 0 fully saturated rings. The van der Waals surface area contributed by atoms with E-state index in [1.165, 1.54) is 12.1 Å². The fourth-order valence-electron chi connectivity index (χ4n) is 3.66. The molecule has 0 N–H and O–H groups in total. The predicted molar refractivity (Wildman–Crippen MR) is 128 cm³/mol. The first kappa shape index (κ1) is 22.3. The molecule has 4 nitrogen and oxygen atoms in total. The third kappa shape index (κ3) is 4.97. The van der Waals surface area contributed by atoms with Crippen molar-refractivity contribution in [2.24, 2.45) is 0 Å². The first-order valence-corrected chi connectivity index (χ1v) is 10.8. The number of allylic oxidation sites excluding steroid dienone is 1. The Hall–Kier alpha value is -3.88. The van der Waals surface area contributed by atoms with Gasteiger partial charge in [0.25, 0.3) is 0 Å². The fourth-order valence-corrected chi connectivity index (χ4v) is 3.83. The number of hydrogen-bond acceptors (Lipinski definition) is 3. The van der Waals surface area contributed by atoms with Crippen LogP contribution in [-0.2, 0) is 11.3 Å². The Labute approximate surface area is 196 Å². The number of fused-ring (bicyclic) bond motifs is 1. The highest BCUT2D eigenvalue weighted by molar-refractivity contribution is 6.31. The van der Waals surface area contributed by atoms with E-state index in [9.17, 15) is 14.4 Å². The Morgan fingerprint density at radius 1 is 1.09 bits per heavy atom. The normalized spacial score (nSPS) is 11.4. The molecule has 0 radical (unpaired) electrons. The maximum absolute atomic E-state index is 13.3. The largest absolute Gasteiger partial charge is 0.462 e. The summed E-state index contributed by atoms with van der Waals surface area (Å²) in [5.74, 6) is -0.678. The van der Waals surface area contributed by atoms with Crippen molar-refractivity contribution >= 4 is 40.1 Å². The molecule has 0 unspecified atom stereocenters. The SMILES string of the molecule is CCOC(=O)c1ccc(C(C#N)=Cc2cn(Cc3ccc(F)cc3)c3cc(Cl)ccc23)cc1. The fraction of sp³-hybridized carbons (Fsp3) is 0.111. The van der Waals surface area contributed by atoms with Crippen molar-refractivity contribution in [2.45, 2.75) is 13.5 Å². The number of rotatable bonds is 6. The predicted octanol–water partition coefficient (Wildman–Crippen LogP) is 6.72. The van der Waals surface area contributed by atoms with Gasteiger partial charge in [0.05, 0.1) is 29.3 Å². The molecule has 3 aromatic carbocycles. The summed E-state index contributed by atoms with van der Waals surface area (Å²) in [6.07, 6.45) is 3.77. The van der Waals surface area contributed by atoms with Gasteiger partial charge in [-0.05, 0) is 60.5 Å². The van der Waals surface area contributed by atoms with Crippen LogP contribution in [0, 0.1) is 17.1 Å². The lowest BCUT2D eigenvalue weighted by atomic mass is 10.0. The third-order valence-electron chi connectivity index (χ3n) is 5.27. The number of nitrogens with zero attached hydrogens (tertiary/aromatic N) is 2. The molecule has 0 aliphatic rings. The van der Waals surface area contributed by atoms with E-state index in [2.05, 4.69) is 6.07 Å². The number of aromatic nitrogens is 1. The van der Waals surface area contributed by atoms with E-state index >= 15 is 0 Å². The Morgan fingerprint density at radius 3 is 2.45 bits per heavy atom. The van der Waals surface area contributed by atoms with Crippen LogP contribution in [0.2, 0.25) is 5.02 Å². The maximum Gasteiger partial charge on any atom is 0.338 e. The van der Waals surface area contributed by atoms with Crippen molar-refractivity contribution in [1.29, 1.82) is 5.26 Å². The molecule has 6 heteroatoms. The van der Waals surface area contributed by atoms with Crippen molar-refractivity contribution in [3.8, 4) is 6.07 Å². The Balaban J connectivity index is 1.73. The molecule has 4 rings (SSSR count). The standard InChI is InChI=1S/C27H20ClFN2O2/c1-2-33-27(32)20-7-5-19(6-8-20)21(15-30)13-22-17-31(16-18-3-10-24(29)11-4-18)26-14-23(28)9-12-25(22)26/h3-14,17H,2,16H2,1H3. The minimum atomic E-state index is -0.396. The molecule has 0 aliphatic carbocycles. The van der Waals surface area contributed by atoms with Crippen LogP contribution in [0.3, 0.4) is 0 Å². The summed E-state index contributed by atoms with van der Waals surface area (Å²) in [5, 5.41) is 11.4. The molecule has 4 aromatic rings. The number of hydrogen-bond donors (Lipinski definition) is 0. The molecule has 0 saturated heterocycles. The number of carbonyl (C=O) groups excluding carboxylic acids is 1. The second kappa shape index (κ2) is 9.72. The lowest BCUT2D eigenvalue weighted by Gasteiger charge is -2.06. The van der Waals surface area contributed by atoms with E-state index in [1.54, 1.807) is 43.3 Å². The minimum absolute atomic E-state index is 0.282. The summed E-state index contributed by atoms with van der Waals surface area (Å²) >= 11 is 6.25. The number of ether oxygens (including phenoxy) is 1. The van der Waals surface area contributed by atoms with E-state index in [0.717, 1.165) is 22.0 Å².